The summed E-state index contributed by atoms with van der Waals surface area (Å²) in [5.41, 5.74) is 1.99. The Hall–Kier alpha value is -6.40. The molecule has 2 aromatic carbocycles. The zero-order chi connectivity index (χ0) is 45.0. The molecule has 0 saturated carbocycles. The van der Waals surface area contributed by atoms with Crippen molar-refractivity contribution in [2.24, 2.45) is 10.4 Å². The fourth-order valence-corrected chi connectivity index (χ4v) is 6.59. The molecule has 0 aliphatic heterocycles. The number of ether oxygens (including phenoxy) is 8. The lowest BCUT2D eigenvalue weighted by atomic mass is 10.1. The maximum atomic E-state index is 12.5. The summed E-state index contributed by atoms with van der Waals surface area (Å²) in [5, 5.41) is 5.16. The molecule has 0 unspecified atom stereocenters. The zero-order valence-electron chi connectivity index (χ0n) is 36.7. The van der Waals surface area contributed by atoms with Crippen LogP contribution in [0.3, 0.4) is 0 Å². The molecular formula is C44H56N6O12. The Balaban J connectivity index is 1.89. The molecule has 0 atom stereocenters. The van der Waals surface area contributed by atoms with Crippen molar-refractivity contribution in [3.63, 3.8) is 0 Å². The van der Waals surface area contributed by atoms with Crippen LogP contribution in [0, 0.1) is 9.81 Å². The highest BCUT2D eigenvalue weighted by molar-refractivity contribution is 5.93. The second kappa shape index (κ2) is 24.8. The molecule has 18 heteroatoms. The predicted octanol–water partition coefficient (Wildman–Crippen LogP) is 7.40. The fourth-order valence-electron chi connectivity index (χ4n) is 6.59. The van der Waals surface area contributed by atoms with E-state index in [1.54, 1.807) is 12.1 Å². The van der Waals surface area contributed by atoms with Gasteiger partial charge in [-0.25, -0.2) is 9.97 Å². The first-order valence-electron chi connectivity index (χ1n) is 20.5. The lowest BCUT2D eigenvalue weighted by molar-refractivity contribution is 0.0987. The number of rotatable bonds is 27. The van der Waals surface area contributed by atoms with Crippen molar-refractivity contribution >= 4 is 11.8 Å². The summed E-state index contributed by atoms with van der Waals surface area (Å²) in [6.45, 7) is 15.2. The van der Waals surface area contributed by atoms with Gasteiger partial charge in [-0.2, -0.15) is 0 Å². The molecule has 0 aliphatic carbocycles. The summed E-state index contributed by atoms with van der Waals surface area (Å²) in [5.74, 6) is 1.95. The van der Waals surface area contributed by atoms with Crippen LogP contribution in [-0.2, 0) is 26.2 Å². The third-order valence-corrected chi connectivity index (χ3v) is 9.15. The lowest BCUT2D eigenvalue weighted by Crippen LogP contribution is -2.35. The topological polar surface area (TPSA) is 199 Å². The molecule has 4 rings (SSSR count). The highest BCUT2D eigenvalue weighted by Gasteiger charge is 2.24. The van der Waals surface area contributed by atoms with Gasteiger partial charge in [0.2, 0.25) is 0 Å². The first-order valence-corrected chi connectivity index (χ1v) is 20.5. The number of hydrogen-bond acceptors (Lipinski definition) is 16. The van der Waals surface area contributed by atoms with E-state index in [4.69, 9.17) is 37.9 Å². The van der Waals surface area contributed by atoms with E-state index in [1.165, 1.54) is 26.4 Å². The highest BCUT2D eigenvalue weighted by Crippen LogP contribution is 2.38. The molecular weight excluding hydrogens is 805 g/mol. The first kappa shape index (κ1) is 48.3. The van der Waals surface area contributed by atoms with E-state index >= 15 is 0 Å². The number of aromatic nitrogens is 2. The number of carbonyl (C=O) groups excluding carboxylic acids is 2. The second-order valence-corrected chi connectivity index (χ2v) is 13.4. The standard InChI is InChI=1S/C44H56N6O12/c1-9-57-33-21-39(59-11-3)35(40(22-33)60-12-4)27-49(25-29-17-31(55-7)19-37(45-29)43(51)47-53)15-16-50(26-30-18-32(56-8)20-38(46-30)44(52)48-54)28-36-41(61-13-5)23-34(58-10-2)24-42(36)62-14-6/h17-24H,9-16,25-28H2,1-8H3. The van der Waals surface area contributed by atoms with Crippen LogP contribution in [0.4, 0.5) is 0 Å². The van der Waals surface area contributed by atoms with Gasteiger partial charge < -0.3 is 37.9 Å². The largest absolute Gasteiger partial charge is 0.497 e. The Labute approximate surface area is 361 Å². The molecule has 4 aromatic rings. The molecule has 2 heterocycles. The van der Waals surface area contributed by atoms with E-state index in [0.717, 1.165) is 11.1 Å². The lowest BCUT2D eigenvalue weighted by Gasteiger charge is -2.30. The van der Waals surface area contributed by atoms with E-state index < -0.39 is 11.8 Å². The van der Waals surface area contributed by atoms with Crippen LogP contribution in [0.2, 0.25) is 0 Å². The van der Waals surface area contributed by atoms with Gasteiger partial charge >= 0.3 is 11.8 Å². The van der Waals surface area contributed by atoms with E-state index in [1.807, 2.05) is 65.8 Å². The van der Waals surface area contributed by atoms with E-state index in [0.29, 0.717) is 110 Å². The van der Waals surface area contributed by atoms with Crippen molar-refractivity contribution in [1.29, 1.82) is 0 Å². The van der Waals surface area contributed by atoms with Crippen LogP contribution < -0.4 is 37.9 Å². The van der Waals surface area contributed by atoms with Gasteiger partial charge in [0.1, 0.15) is 57.4 Å². The smallest absolute Gasteiger partial charge is 0.335 e. The molecule has 334 valence electrons. The Morgan fingerprint density at radius 1 is 0.468 bits per heavy atom. The van der Waals surface area contributed by atoms with Gasteiger partial charge in [-0.05, 0) is 41.5 Å². The number of pyridine rings is 2. The molecule has 0 saturated heterocycles. The molecule has 18 nitrogen and oxygen atoms in total. The average molecular weight is 861 g/mol. The number of nitroso groups, excluding NO2 is 2. The molecule has 0 fully saturated rings. The van der Waals surface area contributed by atoms with Crippen LogP contribution >= 0.6 is 0 Å². The Morgan fingerprint density at radius 2 is 0.790 bits per heavy atom. The molecule has 0 N–H and O–H groups in total. The van der Waals surface area contributed by atoms with Gasteiger partial charge in [0.05, 0.1) is 76.4 Å². The van der Waals surface area contributed by atoms with Crippen molar-refractivity contribution in [2.75, 3.05) is 67.0 Å². The van der Waals surface area contributed by atoms with Crippen molar-refractivity contribution < 1.29 is 47.5 Å². The number of hydrogen-bond donors (Lipinski definition) is 0. The van der Waals surface area contributed by atoms with Gasteiger partial charge in [0.25, 0.3) is 0 Å². The minimum absolute atomic E-state index is 0.160. The normalized spacial score (nSPS) is 10.9. The molecule has 2 aromatic heterocycles. The van der Waals surface area contributed by atoms with Crippen LogP contribution in [0.5, 0.6) is 46.0 Å². The Kier molecular flexibility index (Phi) is 19.3. The monoisotopic (exact) mass is 860 g/mol. The molecule has 0 radical (unpaired) electrons. The summed E-state index contributed by atoms with van der Waals surface area (Å²) in [6, 6.07) is 13.4. The van der Waals surface area contributed by atoms with Gasteiger partial charge in [-0.15, -0.1) is 9.81 Å². The molecule has 2 amide bonds. The summed E-state index contributed by atoms with van der Waals surface area (Å²) in [7, 11) is 2.90. The first-order chi connectivity index (χ1) is 30.1. The second-order valence-electron chi connectivity index (χ2n) is 13.4. The highest BCUT2D eigenvalue weighted by atomic mass is 16.5. The van der Waals surface area contributed by atoms with E-state index in [9.17, 15) is 19.4 Å². The zero-order valence-corrected chi connectivity index (χ0v) is 36.7. The third-order valence-electron chi connectivity index (χ3n) is 9.15. The minimum Gasteiger partial charge on any atom is -0.497 e. The number of carbonyl (C=O) groups is 2. The predicted molar refractivity (Wildman–Crippen MR) is 230 cm³/mol. The van der Waals surface area contributed by atoms with Gasteiger partial charge in [-0.3, -0.25) is 19.4 Å². The van der Waals surface area contributed by atoms with E-state index in [-0.39, 0.29) is 37.6 Å². The van der Waals surface area contributed by atoms with Crippen LogP contribution in [0.25, 0.3) is 0 Å². The average Bonchev–Trinajstić information content (AvgIpc) is 3.27. The number of nitrogens with zero attached hydrogens (tertiary/aromatic N) is 6. The fraction of sp³-hybridized carbons (Fsp3) is 0.455. The van der Waals surface area contributed by atoms with Crippen molar-refractivity contribution in [2.45, 2.75) is 67.7 Å². The minimum atomic E-state index is -1.04. The maximum Gasteiger partial charge on any atom is 0.335 e. The van der Waals surface area contributed by atoms with Crippen LogP contribution in [0.1, 0.15) is 85.0 Å². The molecule has 0 aliphatic rings. The summed E-state index contributed by atoms with van der Waals surface area (Å²) in [6.07, 6.45) is 0. The quantitative estimate of drug-likeness (QED) is 0.0537. The number of amides is 2. The maximum absolute atomic E-state index is 12.5. The van der Waals surface area contributed by atoms with Gasteiger partial charge in [-0.1, -0.05) is 0 Å². The van der Waals surface area contributed by atoms with Gasteiger partial charge in [0, 0.05) is 98.2 Å². The number of benzene rings is 2. The summed E-state index contributed by atoms with van der Waals surface area (Å²) >= 11 is 0. The number of methoxy groups -OCH3 is 2. The van der Waals surface area contributed by atoms with Crippen LogP contribution in [0.15, 0.2) is 58.9 Å². The van der Waals surface area contributed by atoms with E-state index in [2.05, 4.69) is 30.1 Å². The molecule has 0 bridgehead atoms. The van der Waals surface area contributed by atoms with Gasteiger partial charge in [0.15, 0.2) is 0 Å². The Bertz CT molecular complexity index is 1930. The van der Waals surface area contributed by atoms with Crippen molar-refractivity contribution in [3.05, 3.63) is 92.2 Å². The third kappa shape index (κ3) is 13.6. The summed E-state index contributed by atoms with van der Waals surface area (Å²) < 4.78 is 47.4. The van der Waals surface area contributed by atoms with Crippen molar-refractivity contribution in [1.82, 2.24) is 19.8 Å². The molecule has 0 spiro atoms. The Morgan fingerprint density at radius 3 is 1.06 bits per heavy atom. The SMILES string of the molecule is CCOc1cc(OCC)c(CN(CCN(Cc2cc(OC)cc(C(=O)N=O)n2)Cc2c(OCC)cc(OCC)cc2OCC)Cc2cc(OC)cc(C(=O)N=O)n2)c(OCC)c1. The summed E-state index contributed by atoms with van der Waals surface area (Å²) in [4.78, 5) is 60.7. The molecule has 62 heavy (non-hydrogen) atoms. The van der Waals surface area contributed by atoms with Crippen molar-refractivity contribution in [3.8, 4) is 46.0 Å². The van der Waals surface area contributed by atoms with Crippen LogP contribution in [-0.4, -0.2) is 98.5 Å².